The summed E-state index contributed by atoms with van der Waals surface area (Å²) in [6.45, 7) is 14.2. The van der Waals surface area contributed by atoms with Crippen LogP contribution in [0, 0.1) is 5.92 Å². The molecule has 0 saturated carbocycles. The topological polar surface area (TPSA) is 57.2 Å². The van der Waals surface area contributed by atoms with Crippen LogP contribution in [0.2, 0.25) is 0 Å². The van der Waals surface area contributed by atoms with E-state index in [4.69, 9.17) is 9.73 Å². The van der Waals surface area contributed by atoms with E-state index in [1.807, 2.05) is 20.8 Å². The van der Waals surface area contributed by atoms with Gasteiger partial charge < -0.3 is 19.9 Å². The fourth-order valence-electron chi connectivity index (χ4n) is 2.54. The highest BCUT2D eigenvalue weighted by Crippen LogP contribution is 2.11. The normalized spacial score (nSPS) is 16.4. The summed E-state index contributed by atoms with van der Waals surface area (Å²) in [6, 6.07) is 0. The second-order valence-corrected chi connectivity index (χ2v) is 7.35. The van der Waals surface area contributed by atoms with Crippen molar-refractivity contribution in [3.05, 3.63) is 0 Å². The molecule has 24 heavy (non-hydrogen) atoms. The van der Waals surface area contributed by atoms with Crippen molar-refractivity contribution < 1.29 is 9.53 Å². The van der Waals surface area contributed by atoms with Crippen molar-refractivity contribution in [2.75, 3.05) is 39.8 Å². The van der Waals surface area contributed by atoms with Gasteiger partial charge in [-0.2, -0.15) is 0 Å². The van der Waals surface area contributed by atoms with E-state index in [1.54, 1.807) is 11.9 Å². The van der Waals surface area contributed by atoms with E-state index in [0.29, 0.717) is 13.1 Å². The summed E-state index contributed by atoms with van der Waals surface area (Å²) >= 11 is 0. The van der Waals surface area contributed by atoms with Gasteiger partial charge in [0.2, 0.25) is 0 Å². The first-order chi connectivity index (χ1) is 10.7. The minimum Gasteiger partial charge on any atom is -0.444 e. The van der Waals surface area contributed by atoms with Gasteiger partial charge in [-0.1, -0.05) is 6.92 Å². The molecule has 1 N–H and O–H groups in total. The minimum atomic E-state index is -0.458. The number of likely N-dealkylation sites (tertiary alicyclic amines) is 1. The monoisotopic (exact) mass is 454 g/mol. The molecule has 1 fully saturated rings. The Labute approximate surface area is 164 Å². The summed E-state index contributed by atoms with van der Waals surface area (Å²) in [4.78, 5) is 20.7. The number of hydrogen-bond donors (Lipinski definition) is 1. The molecule has 1 atom stereocenters. The molecule has 1 rings (SSSR count). The van der Waals surface area contributed by atoms with E-state index in [0.717, 1.165) is 25.6 Å². The smallest absolute Gasteiger partial charge is 0.410 e. The zero-order valence-corrected chi connectivity index (χ0v) is 18.4. The van der Waals surface area contributed by atoms with Crippen LogP contribution in [0.5, 0.6) is 0 Å². The molecular formula is C17H35IN4O2. The van der Waals surface area contributed by atoms with Crippen LogP contribution in [0.3, 0.4) is 0 Å². The first-order valence-corrected chi connectivity index (χ1v) is 8.70. The Bertz CT molecular complexity index is 404. The van der Waals surface area contributed by atoms with Gasteiger partial charge in [-0.15, -0.1) is 24.0 Å². The fourth-order valence-corrected chi connectivity index (χ4v) is 2.54. The fraction of sp³-hybridized carbons (Fsp3) is 0.882. The molecule has 1 aliphatic rings. The van der Waals surface area contributed by atoms with Crippen LogP contribution in [0.4, 0.5) is 4.79 Å². The number of nitrogens with one attached hydrogen (secondary N) is 1. The third kappa shape index (κ3) is 8.94. The largest absolute Gasteiger partial charge is 0.444 e. The second kappa shape index (κ2) is 11.0. The lowest BCUT2D eigenvalue weighted by atomic mass is 10.2. The Morgan fingerprint density at radius 3 is 2.42 bits per heavy atom. The van der Waals surface area contributed by atoms with Crippen molar-refractivity contribution in [3.8, 4) is 0 Å². The van der Waals surface area contributed by atoms with Crippen LogP contribution >= 0.6 is 24.0 Å². The average molecular weight is 454 g/mol. The van der Waals surface area contributed by atoms with E-state index in [9.17, 15) is 4.79 Å². The van der Waals surface area contributed by atoms with E-state index in [2.05, 4.69) is 24.1 Å². The molecule has 1 unspecified atom stereocenters. The molecule has 0 radical (unpaired) electrons. The zero-order chi connectivity index (χ0) is 17.5. The summed E-state index contributed by atoms with van der Waals surface area (Å²) in [5, 5.41) is 3.36. The third-order valence-electron chi connectivity index (χ3n) is 3.58. The van der Waals surface area contributed by atoms with E-state index >= 15 is 0 Å². The maximum Gasteiger partial charge on any atom is 0.410 e. The minimum absolute atomic E-state index is 0. The lowest BCUT2D eigenvalue weighted by molar-refractivity contribution is 0.0279. The molecular weight excluding hydrogens is 419 g/mol. The molecule has 0 aromatic heterocycles. The van der Waals surface area contributed by atoms with Gasteiger partial charge in [-0.3, -0.25) is 4.99 Å². The van der Waals surface area contributed by atoms with Gasteiger partial charge in [-0.05, 0) is 46.5 Å². The number of carbonyl (C=O) groups excluding carboxylic acids is 1. The first kappa shape index (κ1) is 23.3. The number of nitrogens with zero attached hydrogens (tertiary/aromatic N) is 3. The number of ether oxygens (including phenoxy) is 1. The van der Waals surface area contributed by atoms with Crippen LogP contribution in [0.1, 0.15) is 47.5 Å². The summed E-state index contributed by atoms with van der Waals surface area (Å²) in [5.74, 6) is 1.28. The van der Waals surface area contributed by atoms with Crippen molar-refractivity contribution in [1.29, 1.82) is 0 Å². The predicted octanol–water partition coefficient (Wildman–Crippen LogP) is 3.17. The van der Waals surface area contributed by atoms with Crippen LogP contribution in [-0.4, -0.2) is 67.2 Å². The number of rotatable bonds is 5. The number of amides is 1. The van der Waals surface area contributed by atoms with Crippen LogP contribution < -0.4 is 5.32 Å². The van der Waals surface area contributed by atoms with Gasteiger partial charge >= 0.3 is 6.09 Å². The highest BCUT2D eigenvalue weighted by Gasteiger charge is 2.21. The maximum atomic E-state index is 12.0. The molecule has 1 heterocycles. The van der Waals surface area contributed by atoms with Crippen LogP contribution in [-0.2, 0) is 4.74 Å². The number of aliphatic imine (C=N–C) groups is 1. The Hall–Kier alpha value is -0.730. The molecule has 1 amide bonds. The molecule has 0 spiro atoms. The molecule has 0 bridgehead atoms. The van der Waals surface area contributed by atoms with Crippen LogP contribution in [0.25, 0.3) is 0 Å². The van der Waals surface area contributed by atoms with Gasteiger partial charge in [0.25, 0.3) is 0 Å². The van der Waals surface area contributed by atoms with Crippen molar-refractivity contribution in [2.45, 2.75) is 53.1 Å². The molecule has 1 saturated heterocycles. The Kier molecular flexibility index (Phi) is 10.7. The zero-order valence-electron chi connectivity index (χ0n) is 16.1. The number of hydrogen-bond acceptors (Lipinski definition) is 3. The molecule has 142 valence electrons. The molecule has 7 heteroatoms. The SMILES string of the molecule is CCNC(=NCC(C)CN(C)C(=O)OC(C)(C)C)N1CCCC1.I. The molecule has 0 aromatic rings. The van der Waals surface area contributed by atoms with Gasteiger partial charge in [-0.25, -0.2) is 4.79 Å². The highest BCUT2D eigenvalue weighted by atomic mass is 127. The summed E-state index contributed by atoms with van der Waals surface area (Å²) in [6.07, 6.45) is 2.20. The first-order valence-electron chi connectivity index (χ1n) is 8.70. The highest BCUT2D eigenvalue weighted by molar-refractivity contribution is 14.0. The maximum absolute atomic E-state index is 12.0. The standard InChI is InChI=1S/C17H34N4O2.HI/c1-7-18-15(21-10-8-9-11-21)19-12-14(2)13-20(6)16(22)23-17(3,4)5;/h14H,7-13H2,1-6H3,(H,18,19);1H. The Balaban J connectivity index is 0.00000529. The number of guanidine groups is 1. The van der Waals surface area contributed by atoms with Crippen LogP contribution in [0.15, 0.2) is 4.99 Å². The molecule has 6 nitrogen and oxygen atoms in total. The van der Waals surface area contributed by atoms with Crippen molar-refractivity contribution in [3.63, 3.8) is 0 Å². The van der Waals surface area contributed by atoms with E-state index in [-0.39, 0.29) is 36.0 Å². The Morgan fingerprint density at radius 2 is 1.92 bits per heavy atom. The Morgan fingerprint density at radius 1 is 1.33 bits per heavy atom. The second-order valence-electron chi connectivity index (χ2n) is 7.35. The van der Waals surface area contributed by atoms with E-state index < -0.39 is 5.60 Å². The molecule has 0 aromatic carbocycles. The van der Waals surface area contributed by atoms with E-state index in [1.165, 1.54) is 12.8 Å². The summed E-state index contributed by atoms with van der Waals surface area (Å²) in [5.41, 5.74) is -0.458. The van der Waals surface area contributed by atoms with Gasteiger partial charge in [0, 0.05) is 39.8 Å². The predicted molar refractivity (Wildman–Crippen MR) is 110 cm³/mol. The molecule has 0 aliphatic carbocycles. The lowest BCUT2D eigenvalue weighted by Crippen LogP contribution is -2.40. The molecule has 1 aliphatic heterocycles. The summed E-state index contributed by atoms with van der Waals surface area (Å²) in [7, 11) is 1.78. The van der Waals surface area contributed by atoms with Gasteiger partial charge in [0.05, 0.1) is 0 Å². The van der Waals surface area contributed by atoms with Crippen molar-refractivity contribution >= 4 is 36.0 Å². The van der Waals surface area contributed by atoms with Gasteiger partial charge in [0.15, 0.2) is 5.96 Å². The summed E-state index contributed by atoms with van der Waals surface area (Å²) < 4.78 is 5.38. The third-order valence-corrected chi connectivity index (χ3v) is 3.58. The van der Waals surface area contributed by atoms with Gasteiger partial charge in [0.1, 0.15) is 5.60 Å². The quantitative estimate of drug-likeness (QED) is 0.394. The van der Waals surface area contributed by atoms with Crippen molar-refractivity contribution in [1.82, 2.24) is 15.1 Å². The number of halogens is 1. The average Bonchev–Trinajstić information content (AvgIpc) is 2.95. The number of carbonyl (C=O) groups is 1. The van der Waals surface area contributed by atoms with Crippen molar-refractivity contribution in [2.24, 2.45) is 10.9 Å². The lowest BCUT2D eigenvalue weighted by Gasteiger charge is -2.26.